The first-order valence-corrected chi connectivity index (χ1v) is 8.32. The highest BCUT2D eigenvalue weighted by molar-refractivity contribution is 5.90. The summed E-state index contributed by atoms with van der Waals surface area (Å²) in [5.74, 6) is 1.06. The van der Waals surface area contributed by atoms with Crippen LogP contribution >= 0.6 is 0 Å². The maximum absolute atomic E-state index is 12.9. The van der Waals surface area contributed by atoms with Gasteiger partial charge in [0, 0.05) is 25.6 Å². The van der Waals surface area contributed by atoms with E-state index >= 15 is 0 Å². The summed E-state index contributed by atoms with van der Waals surface area (Å²) in [5.41, 5.74) is 0. The number of amides is 2. The van der Waals surface area contributed by atoms with Gasteiger partial charge in [-0.05, 0) is 31.6 Å². The maximum atomic E-state index is 12.9. The van der Waals surface area contributed by atoms with E-state index in [2.05, 4.69) is 11.8 Å². The molecule has 2 heterocycles. The molecule has 0 N–H and O–H groups in total. The second kappa shape index (κ2) is 5.74. The van der Waals surface area contributed by atoms with Gasteiger partial charge in [-0.15, -0.1) is 0 Å². The van der Waals surface area contributed by atoms with Gasteiger partial charge >= 0.3 is 0 Å². The molecule has 3 atom stereocenters. The van der Waals surface area contributed by atoms with E-state index in [0.29, 0.717) is 24.9 Å². The fourth-order valence-corrected chi connectivity index (χ4v) is 4.39. The van der Waals surface area contributed by atoms with Crippen molar-refractivity contribution in [3.8, 4) is 0 Å². The van der Waals surface area contributed by atoms with E-state index in [4.69, 9.17) is 0 Å². The van der Waals surface area contributed by atoms with Crippen LogP contribution in [0, 0.1) is 5.92 Å². The van der Waals surface area contributed by atoms with Gasteiger partial charge in [0.25, 0.3) is 0 Å². The van der Waals surface area contributed by atoms with Crippen molar-refractivity contribution in [1.29, 1.82) is 0 Å². The molecule has 20 heavy (non-hydrogen) atoms. The molecule has 4 nitrogen and oxygen atoms in total. The van der Waals surface area contributed by atoms with E-state index in [1.807, 2.05) is 4.90 Å². The van der Waals surface area contributed by atoms with E-state index in [0.717, 1.165) is 32.2 Å². The monoisotopic (exact) mass is 278 g/mol. The number of rotatable bonds is 2. The van der Waals surface area contributed by atoms with Gasteiger partial charge in [-0.1, -0.05) is 26.2 Å². The molecule has 3 rings (SSSR count). The SMILES string of the molecule is CCC1CCCCC1N1CCC(=O)N2CCCC2C1=O. The summed E-state index contributed by atoms with van der Waals surface area (Å²) >= 11 is 0. The van der Waals surface area contributed by atoms with Crippen molar-refractivity contribution in [3.05, 3.63) is 0 Å². The number of carbonyl (C=O) groups excluding carboxylic acids is 2. The summed E-state index contributed by atoms with van der Waals surface area (Å²) in [6.45, 7) is 3.66. The smallest absolute Gasteiger partial charge is 0.245 e. The molecule has 2 saturated heterocycles. The van der Waals surface area contributed by atoms with Gasteiger partial charge in [0.15, 0.2) is 0 Å². The highest BCUT2D eigenvalue weighted by Gasteiger charge is 2.42. The molecule has 0 aromatic rings. The van der Waals surface area contributed by atoms with Crippen molar-refractivity contribution in [1.82, 2.24) is 9.80 Å². The van der Waals surface area contributed by atoms with Crippen molar-refractivity contribution in [3.63, 3.8) is 0 Å². The Hall–Kier alpha value is -1.06. The molecule has 3 unspecified atom stereocenters. The van der Waals surface area contributed by atoms with Crippen LogP contribution in [0.1, 0.15) is 58.3 Å². The van der Waals surface area contributed by atoms with Gasteiger partial charge in [-0.3, -0.25) is 9.59 Å². The largest absolute Gasteiger partial charge is 0.337 e. The molecule has 2 amide bonds. The van der Waals surface area contributed by atoms with Crippen molar-refractivity contribution >= 4 is 11.8 Å². The summed E-state index contributed by atoms with van der Waals surface area (Å²) in [5, 5.41) is 0. The molecule has 112 valence electrons. The molecule has 3 aliphatic rings. The predicted molar refractivity (Wildman–Crippen MR) is 77.1 cm³/mol. The molecule has 0 aromatic carbocycles. The van der Waals surface area contributed by atoms with Crippen molar-refractivity contribution in [2.24, 2.45) is 5.92 Å². The zero-order valence-electron chi connectivity index (χ0n) is 12.5. The number of fused-ring (bicyclic) bond motifs is 1. The minimum Gasteiger partial charge on any atom is -0.337 e. The summed E-state index contributed by atoms with van der Waals surface area (Å²) < 4.78 is 0. The Morgan fingerprint density at radius 3 is 2.60 bits per heavy atom. The van der Waals surface area contributed by atoms with Gasteiger partial charge < -0.3 is 9.80 Å². The lowest BCUT2D eigenvalue weighted by atomic mass is 9.81. The zero-order chi connectivity index (χ0) is 14.1. The average Bonchev–Trinajstić information content (AvgIpc) is 2.93. The normalized spacial score (nSPS) is 35.1. The molecule has 2 aliphatic heterocycles. The maximum Gasteiger partial charge on any atom is 0.245 e. The fourth-order valence-electron chi connectivity index (χ4n) is 4.39. The Morgan fingerprint density at radius 2 is 1.80 bits per heavy atom. The fraction of sp³-hybridized carbons (Fsp3) is 0.875. The van der Waals surface area contributed by atoms with E-state index in [1.165, 1.54) is 19.3 Å². The summed E-state index contributed by atoms with van der Waals surface area (Å²) in [7, 11) is 0. The van der Waals surface area contributed by atoms with E-state index in [9.17, 15) is 9.59 Å². The molecule has 3 fully saturated rings. The molecular formula is C16H26N2O2. The molecule has 4 heteroatoms. The van der Waals surface area contributed by atoms with Crippen molar-refractivity contribution in [2.75, 3.05) is 13.1 Å². The third-order valence-electron chi connectivity index (χ3n) is 5.50. The molecule has 0 aromatic heterocycles. The quantitative estimate of drug-likeness (QED) is 0.777. The first-order chi connectivity index (χ1) is 9.72. The van der Waals surface area contributed by atoms with Crippen molar-refractivity contribution in [2.45, 2.75) is 70.4 Å². The third kappa shape index (κ3) is 2.33. The van der Waals surface area contributed by atoms with Crippen LogP contribution in [0.2, 0.25) is 0 Å². The number of hydrogen-bond acceptors (Lipinski definition) is 2. The van der Waals surface area contributed by atoms with E-state index in [1.54, 1.807) is 0 Å². The third-order valence-corrected chi connectivity index (χ3v) is 5.50. The number of nitrogens with zero attached hydrogens (tertiary/aromatic N) is 2. The van der Waals surface area contributed by atoms with Crippen LogP contribution in [0.3, 0.4) is 0 Å². The number of hydrogen-bond donors (Lipinski definition) is 0. The van der Waals surface area contributed by atoms with Gasteiger partial charge in [0.05, 0.1) is 0 Å². The van der Waals surface area contributed by atoms with Crippen LogP contribution < -0.4 is 0 Å². The second-order valence-corrected chi connectivity index (χ2v) is 6.55. The molecular weight excluding hydrogens is 252 g/mol. The standard InChI is InChI=1S/C16H26N2O2/c1-2-12-6-3-4-7-13(12)18-11-9-15(19)17-10-5-8-14(17)16(18)20/h12-14H,2-11H2,1H3. The Balaban J connectivity index is 1.81. The van der Waals surface area contributed by atoms with Crippen LogP contribution in [-0.4, -0.2) is 46.8 Å². The van der Waals surface area contributed by atoms with Gasteiger partial charge in [0.2, 0.25) is 11.8 Å². The number of carbonyl (C=O) groups is 2. The molecule has 0 bridgehead atoms. The lowest BCUT2D eigenvalue weighted by Crippen LogP contribution is -2.50. The Bertz CT molecular complexity index is 396. The van der Waals surface area contributed by atoms with Crippen LogP contribution in [0.15, 0.2) is 0 Å². The Labute approximate surface area is 121 Å². The highest BCUT2D eigenvalue weighted by atomic mass is 16.2. The Morgan fingerprint density at radius 1 is 1.00 bits per heavy atom. The molecule has 1 aliphatic carbocycles. The lowest BCUT2D eigenvalue weighted by molar-refractivity contribution is -0.141. The highest BCUT2D eigenvalue weighted by Crippen LogP contribution is 2.33. The van der Waals surface area contributed by atoms with Gasteiger partial charge in [-0.2, -0.15) is 0 Å². The minimum absolute atomic E-state index is 0.149. The van der Waals surface area contributed by atoms with E-state index in [-0.39, 0.29) is 17.9 Å². The van der Waals surface area contributed by atoms with Gasteiger partial charge in [-0.25, -0.2) is 0 Å². The first-order valence-electron chi connectivity index (χ1n) is 8.32. The van der Waals surface area contributed by atoms with Crippen LogP contribution in [0.4, 0.5) is 0 Å². The minimum atomic E-state index is -0.149. The molecule has 0 spiro atoms. The van der Waals surface area contributed by atoms with Crippen LogP contribution in [0.5, 0.6) is 0 Å². The average molecular weight is 278 g/mol. The second-order valence-electron chi connectivity index (χ2n) is 6.55. The first kappa shape index (κ1) is 13.9. The van der Waals surface area contributed by atoms with Gasteiger partial charge in [0.1, 0.15) is 6.04 Å². The predicted octanol–water partition coefficient (Wildman–Crippen LogP) is 2.18. The molecule has 1 saturated carbocycles. The van der Waals surface area contributed by atoms with E-state index < -0.39 is 0 Å². The van der Waals surface area contributed by atoms with Crippen LogP contribution in [0.25, 0.3) is 0 Å². The Kier molecular flexibility index (Phi) is 3.99. The van der Waals surface area contributed by atoms with Crippen LogP contribution in [-0.2, 0) is 9.59 Å². The summed E-state index contributed by atoms with van der Waals surface area (Å²) in [4.78, 5) is 29.0. The lowest BCUT2D eigenvalue weighted by Gasteiger charge is -2.40. The molecule has 0 radical (unpaired) electrons. The topological polar surface area (TPSA) is 40.6 Å². The zero-order valence-corrected chi connectivity index (χ0v) is 12.5. The summed E-state index contributed by atoms with van der Waals surface area (Å²) in [6, 6.07) is 0.235. The van der Waals surface area contributed by atoms with Crippen molar-refractivity contribution < 1.29 is 9.59 Å². The summed E-state index contributed by atoms with van der Waals surface area (Å²) in [6.07, 6.45) is 8.42.